The average Bonchev–Trinajstić information content (AvgIpc) is 2.15. The Balaban J connectivity index is 3.58. The number of carbonyl (C=O) groups is 2. The Morgan fingerprint density at radius 1 is 1.31 bits per heavy atom. The van der Waals surface area contributed by atoms with Gasteiger partial charge in [0, 0.05) is 20.0 Å². The predicted molar refractivity (Wildman–Crippen MR) is 47.1 cm³/mol. The molecule has 0 aromatic heterocycles. The quantitative estimate of drug-likeness (QED) is 0.447. The van der Waals surface area contributed by atoms with Crippen molar-refractivity contribution in [3.8, 4) is 0 Å². The zero-order valence-corrected chi connectivity index (χ0v) is 8.04. The molecule has 0 amide bonds. The number of rotatable bonds is 7. The normalized spacial score (nSPS) is 13.2. The molecule has 13 heavy (non-hydrogen) atoms. The lowest BCUT2D eigenvalue weighted by atomic mass is 10.1. The molecule has 0 aromatic rings. The topological polar surface area (TPSA) is 52.6 Å². The van der Waals surface area contributed by atoms with Crippen LogP contribution < -0.4 is 0 Å². The molecule has 0 aliphatic carbocycles. The van der Waals surface area contributed by atoms with Crippen molar-refractivity contribution >= 4 is 11.8 Å². The first-order valence-corrected chi connectivity index (χ1v) is 4.26. The smallest absolute Gasteiger partial charge is 0.308 e. The van der Waals surface area contributed by atoms with Gasteiger partial charge in [-0.15, -0.1) is 0 Å². The minimum absolute atomic E-state index is 0.0254. The van der Waals surface area contributed by atoms with E-state index in [0.717, 1.165) is 6.42 Å². The Kier molecular flexibility index (Phi) is 6.06. The van der Waals surface area contributed by atoms with Gasteiger partial charge >= 0.3 is 5.97 Å². The third-order valence-corrected chi connectivity index (χ3v) is 1.41. The van der Waals surface area contributed by atoms with Crippen LogP contribution in [0.1, 0.15) is 34.0 Å². The Bertz CT molecular complexity index is 193. The van der Waals surface area contributed by atoms with Crippen LogP contribution in [0.15, 0.2) is 0 Å². The van der Waals surface area contributed by atoms with Crippen LogP contribution in [-0.2, 0) is 19.1 Å². The highest BCUT2D eigenvalue weighted by atomic mass is 16.7. The molecule has 0 saturated heterocycles. The molecular formula is C9H16O4. The van der Waals surface area contributed by atoms with Crippen molar-refractivity contribution in [1.82, 2.24) is 0 Å². The van der Waals surface area contributed by atoms with E-state index in [4.69, 9.17) is 1.37 Å². The summed E-state index contributed by atoms with van der Waals surface area (Å²) in [4.78, 5) is 22.0. The second-order valence-corrected chi connectivity index (χ2v) is 2.61. The van der Waals surface area contributed by atoms with Crippen LogP contribution in [-0.4, -0.2) is 25.6 Å². The molecule has 0 fully saturated rings. The average molecular weight is 189 g/mol. The lowest BCUT2D eigenvalue weighted by molar-refractivity contribution is -0.154. The molecule has 76 valence electrons. The fourth-order valence-electron chi connectivity index (χ4n) is 0.806. The summed E-state index contributed by atoms with van der Waals surface area (Å²) in [5.41, 5.74) is 0. The fraction of sp³-hybridized carbons (Fsp3) is 0.778. The second kappa shape index (κ2) is 7.73. The molecule has 0 N–H and O–H groups in total. The largest absolute Gasteiger partial charge is 0.438 e. The van der Waals surface area contributed by atoms with Crippen molar-refractivity contribution in [3.63, 3.8) is 0 Å². The predicted octanol–water partition coefficient (Wildman–Crippen LogP) is 1.28. The molecule has 0 saturated carbocycles. The summed E-state index contributed by atoms with van der Waals surface area (Å²) in [6.07, 6.45) is 1.48. The summed E-state index contributed by atoms with van der Waals surface area (Å²) in [5.74, 6) is -0.528. The van der Waals surface area contributed by atoms with E-state index in [1.165, 1.54) is 7.11 Å². The van der Waals surface area contributed by atoms with Crippen molar-refractivity contribution in [2.75, 3.05) is 13.9 Å². The first-order chi connectivity index (χ1) is 6.60. The number of esters is 1. The summed E-state index contributed by atoms with van der Waals surface area (Å²) < 4.78 is 15.9. The van der Waals surface area contributed by atoms with Gasteiger partial charge in [-0.25, -0.2) is 0 Å². The number of ether oxygens (including phenoxy) is 2. The number of hydrogen-bond donors (Lipinski definition) is 0. The SMILES string of the molecule is [2H]C(OC)OC(=O)CCC(=O)CCC. The van der Waals surface area contributed by atoms with E-state index in [9.17, 15) is 9.59 Å². The first kappa shape index (κ1) is 10.2. The van der Waals surface area contributed by atoms with E-state index in [-0.39, 0.29) is 18.6 Å². The van der Waals surface area contributed by atoms with Gasteiger partial charge in [0.15, 0.2) is 6.77 Å². The van der Waals surface area contributed by atoms with Crippen LogP contribution in [0.3, 0.4) is 0 Å². The zero-order valence-electron chi connectivity index (χ0n) is 9.04. The number of hydrogen-bond acceptors (Lipinski definition) is 4. The van der Waals surface area contributed by atoms with Crippen molar-refractivity contribution in [2.24, 2.45) is 0 Å². The maximum absolute atomic E-state index is 11.0. The molecule has 0 aliphatic rings. The molecule has 0 heterocycles. The molecule has 0 rings (SSSR count). The Morgan fingerprint density at radius 3 is 2.54 bits per heavy atom. The van der Waals surface area contributed by atoms with Gasteiger partial charge in [-0.05, 0) is 6.42 Å². The van der Waals surface area contributed by atoms with Crippen molar-refractivity contribution in [2.45, 2.75) is 32.6 Å². The van der Waals surface area contributed by atoms with E-state index in [1.807, 2.05) is 6.92 Å². The minimum atomic E-state index is -1.29. The van der Waals surface area contributed by atoms with Crippen molar-refractivity contribution in [3.05, 3.63) is 0 Å². The maximum atomic E-state index is 11.0. The monoisotopic (exact) mass is 189 g/mol. The fourth-order valence-corrected chi connectivity index (χ4v) is 0.806. The number of ketones is 1. The van der Waals surface area contributed by atoms with Gasteiger partial charge in [-0.2, -0.15) is 0 Å². The van der Waals surface area contributed by atoms with Gasteiger partial charge in [-0.1, -0.05) is 6.92 Å². The number of carbonyl (C=O) groups excluding carboxylic acids is 2. The highest BCUT2D eigenvalue weighted by Crippen LogP contribution is 1.99. The molecular weight excluding hydrogens is 172 g/mol. The van der Waals surface area contributed by atoms with Crippen LogP contribution in [0, 0.1) is 0 Å². The first-order valence-electron chi connectivity index (χ1n) is 4.84. The number of Topliss-reactive ketones (excluding diaryl/α,β-unsaturated/α-hetero) is 1. The Hall–Kier alpha value is -0.900. The van der Waals surface area contributed by atoms with Crippen LogP contribution in [0.25, 0.3) is 0 Å². The highest BCUT2D eigenvalue weighted by molar-refractivity contribution is 5.82. The van der Waals surface area contributed by atoms with E-state index >= 15 is 0 Å². The van der Waals surface area contributed by atoms with E-state index in [1.54, 1.807) is 0 Å². The van der Waals surface area contributed by atoms with Gasteiger partial charge in [0.2, 0.25) is 0 Å². The lowest BCUT2D eigenvalue weighted by Crippen LogP contribution is -2.09. The zero-order chi connectivity index (χ0) is 11.0. The molecule has 0 bridgehead atoms. The summed E-state index contributed by atoms with van der Waals surface area (Å²) in [6, 6.07) is 0. The molecule has 0 aliphatic heterocycles. The number of methoxy groups -OCH3 is 1. The summed E-state index contributed by atoms with van der Waals surface area (Å²) >= 11 is 0. The van der Waals surface area contributed by atoms with E-state index < -0.39 is 12.7 Å². The summed E-state index contributed by atoms with van der Waals surface area (Å²) in [7, 11) is 1.27. The van der Waals surface area contributed by atoms with Gasteiger partial charge < -0.3 is 9.47 Å². The standard InChI is InChI=1S/C9H16O4/c1-3-4-8(10)5-6-9(11)13-7-12-2/h3-7H2,1-2H3/i7D. The molecule has 1 atom stereocenters. The van der Waals surface area contributed by atoms with E-state index in [0.29, 0.717) is 6.42 Å². The third kappa shape index (κ3) is 7.46. The van der Waals surface area contributed by atoms with Gasteiger partial charge in [0.25, 0.3) is 0 Å². The van der Waals surface area contributed by atoms with Crippen molar-refractivity contribution < 1.29 is 20.4 Å². The minimum Gasteiger partial charge on any atom is -0.438 e. The van der Waals surface area contributed by atoms with Crippen LogP contribution in [0.5, 0.6) is 0 Å². The maximum Gasteiger partial charge on any atom is 0.308 e. The Morgan fingerprint density at radius 2 is 2.00 bits per heavy atom. The summed E-state index contributed by atoms with van der Waals surface area (Å²) in [6.45, 7) is 0.616. The van der Waals surface area contributed by atoms with Gasteiger partial charge in [0.05, 0.1) is 6.42 Å². The van der Waals surface area contributed by atoms with Crippen LogP contribution in [0.2, 0.25) is 0 Å². The second-order valence-electron chi connectivity index (χ2n) is 2.61. The lowest BCUT2D eigenvalue weighted by Gasteiger charge is -2.01. The van der Waals surface area contributed by atoms with Gasteiger partial charge in [-0.3, -0.25) is 9.59 Å². The summed E-state index contributed by atoms with van der Waals surface area (Å²) in [5, 5.41) is 0. The molecule has 0 radical (unpaired) electrons. The molecule has 4 heteroatoms. The van der Waals surface area contributed by atoms with Crippen molar-refractivity contribution in [1.29, 1.82) is 0 Å². The van der Waals surface area contributed by atoms with Gasteiger partial charge in [0.1, 0.15) is 7.15 Å². The van der Waals surface area contributed by atoms with Crippen LogP contribution in [0.4, 0.5) is 0 Å². The highest BCUT2D eigenvalue weighted by Gasteiger charge is 2.06. The molecule has 4 nitrogen and oxygen atoms in total. The van der Waals surface area contributed by atoms with E-state index in [2.05, 4.69) is 9.47 Å². The molecule has 1 unspecified atom stereocenters. The molecule has 0 spiro atoms. The van der Waals surface area contributed by atoms with Crippen LogP contribution >= 0.6 is 0 Å². The Labute approximate surface area is 79.6 Å². The third-order valence-electron chi connectivity index (χ3n) is 1.41. The molecule has 0 aromatic carbocycles.